The summed E-state index contributed by atoms with van der Waals surface area (Å²) < 4.78 is 0. The van der Waals surface area contributed by atoms with Gasteiger partial charge in [0.05, 0.1) is 15.3 Å². The van der Waals surface area contributed by atoms with Gasteiger partial charge in [-0.05, 0) is 30.2 Å². The third-order valence-electron chi connectivity index (χ3n) is 3.98. The quantitative estimate of drug-likeness (QED) is 0.603. The minimum Gasteiger partial charge on any atom is -0.365 e. The van der Waals surface area contributed by atoms with E-state index in [1.165, 1.54) is 4.90 Å². The van der Waals surface area contributed by atoms with E-state index in [4.69, 9.17) is 28.9 Å². The van der Waals surface area contributed by atoms with E-state index >= 15 is 0 Å². The zero-order valence-corrected chi connectivity index (χ0v) is 16.2. The second-order valence-corrected chi connectivity index (χ2v) is 7.67. The number of carbonyl (C=O) groups excluding carboxylic acids is 2. The largest absolute Gasteiger partial charge is 0.365 e. The van der Waals surface area contributed by atoms with Gasteiger partial charge in [0.1, 0.15) is 16.7 Å². The fourth-order valence-electron chi connectivity index (χ4n) is 2.72. The molecule has 2 aromatic rings. The van der Waals surface area contributed by atoms with Crippen molar-refractivity contribution in [1.82, 2.24) is 0 Å². The Hall–Kier alpha value is -2.46. The van der Waals surface area contributed by atoms with Crippen LogP contribution in [0.15, 0.2) is 59.1 Å². The number of halogens is 2. The van der Waals surface area contributed by atoms with Crippen molar-refractivity contribution in [2.75, 3.05) is 4.90 Å². The number of amides is 2. The molecule has 0 aliphatic carbocycles. The van der Waals surface area contributed by atoms with Crippen LogP contribution in [0.3, 0.4) is 0 Å². The summed E-state index contributed by atoms with van der Waals surface area (Å²) in [7, 11) is 0. The second-order valence-electron chi connectivity index (χ2n) is 5.69. The van der Waals surface area contributed by atoms with Gasteiger partial charge in [-0.3, -0.25) is 14.5 Å². The number of nitrogens with zero attached hydrogens (tertiary/aromatic N) is 2. The highest BCUT2D eigenvalue weighted by Crippen LogP contribution is 2.42. The minimum atomic E-state index is -0.879. The molecule has 1 unspecified atom stereocenters. The maximum Gasteiger partial charge on any atom is 0.262 e. The van der Waals surface area contributed by atoms with E-state index in [9.17, 15) is 14.9 Å². The SMILES string of the molecule is N#CC(C(N)=O)=C1SC(Cc2cccc(Cl)c2Cl)C(=O)N1c1ccccc1. The molecule has 2 N–H and O–H groups in total. The average molecular weight is 418 g/mol. The molecule has 1 fully saturated rings. The number of carbonyl (C=O) groups is 2. The van der Waals surface area contributed by atoms with Crippen molar-refractivity contribution in [3.63, 3.8) is 0 Å². The molecule has 5 nitrogen and oxygen atoms in total. The standard InChI is InChI=1S/C19H13Cl2N3O2S/c20-14-8-4-5-11(16(14)21)9-15-18(26)24(12-6-2-1-3-7-12)19(27-15)13(10-22)17(23)25/h1-8,15H,9H2,(H2,23,25). The van der Waals surface area contributed by atoms with E-state index in [0.717, 1.165) is 11.8 Å². The molecule has 3 rings (SSSR count). The van der Waals surface area contributed by atoms with Crippen LogP contribution in [0.2, 0.25) is 10.0 Å². The summed E-state index contributed by atoms with van der Waals surface area (Å²) in [6.45, 7) is 0. The van der Waals surface area contributed by atoms with Gasteiger partial charge in [0.25, 0.3) is 5.91 Å². The number of para-hydroxylation sites is 1. The first kappa shape index (κ1) is 19.3. The van der Waals surface area contributed by atoms with Gasteiger partial charge in [-0.1, -0.05) is 65.3 Å². The molecule has 1 aliphatic rings. The Morgan fingerprint density at radius 3 is 2.52 bits per heavy atom. The molecule has 0 aromatic heterocycles. The number of hydrogen-bond acceptors (Lipinski definition) is 4. The van der Waals surface area contributed by atoms with Crippen LogP contribution < -0.4 is 10.6 Å². The van der Waals surface area contributed by atoms with Crippen molar-refractivity contribution in [2.45, 2.75) is 11.7 Å². The van der Waals surface area contributed by atoms with Gasteiger partial charge in [0.15, 0.2) is 0 Å². The summed E-state index contributed by atoms with van der Waals surface area (Å²) in [6, 6.07) is 15.8. The van der Waals surface area contributed by atoms with Gasteiger partial charge in [-0.15, -0.1) is 0 Å². The van der Waals surface area contributed by atoms with Crippen molar-refractivity contribution < 1.29 is 9.59 Å². The van der Waals surface area contributed by atoms with Crippen molar-refractivity contribution >= 4 is 52.5 Å². The molecule has 2 aromatic carbocycles. The molecule has 2 amide bonds. The van der Waals surface area contributed by atoms with E-state index in [1.807, 2.05) is 12.1 Å². The number of primary amides is 1. The Morgan fingerprint density at radius 1 is 1.19 bits per heavy atom. The monoisotopic (exact) mass is 417 g/mol. The van der Waals surface area contributed by atoms with Crippen LogP contribution in [-0.2, 0) is 16.0 Å². The van der Waals surface area contributed by atoms with Gasteiger partial charge >= 0.3 is 0 Å². The lowest BCUT2D eigenvalue weighted by Gasteiger charge is -2.18. The number of nitrogens with two attached hydrogens (primary N) is 1. The zero-order chi connectivity index (χ0) is 19.6. The molecule has 0 radical (unpaired) electrons. The van der Waals surface area contributed by atoms with Gasteiger partial charge in [-0.25, -0.2) is 0 Å². The molecule has 8 heteroatoms. The zero-order valence-electron chi connectivity index (χ0n) is 13.9. The number of benzene rings is 2. The van der Waals surface area contributed by atoms with E-state index in [2.05, 4.69) is 0 Å². The minimum absolute atomic E-state index is 0.226. The molecular weight excluding hydrogens is 405 g/mol. The van der Waals surface area contributed by atoms with Gasteiger partial charge < -0.3 is 5.73 Å². The number of rotatable bonds is 4. The Labute approximate surface area is 170 Å². The first-order chi connectivity index (χ1) is 12.9. The number of anilines is 1. The molecule has 1 heterocycles. The summed E-state index contributed by atoms with van der Waals surface area (Å²) in [5, 5.41) is 9.80. The lowest BCUT2D eigenvalue weighted by Crippen LogP contribution is -2.31. The number of thioether (sulfide) groups is 1. The van der Waals surface area contributed by atoms with Crippen LogP contribution in [-0.4, -0.2) is 17.1 Å². The summed E-state index contributed by atoms with van der Waals surface area (Å²) in [4.78, 5) is 26.2. The van der Waals surface area contributed by atoms with Crippen molar-refractivity contribution in [3.05, 3.63) is 74.7 Å². The molecular formula is C19H13Cl2N3O2S. The van der Waals surface area contributed by atoms with Crippen LogP contribution in [0.25, 0.3) is 0 Å². The smallest absolute Gasteiger partial charge is 0.262 e. The normalized spacial score (nSPS) is 18.3. The second kappa shape index (κ2) is 8.05. The van der Waals surface area contributed by atoms with Crippen molar-refractivity contribution in [2.24, 2.45) is 5.73 Å². The average Bonchev–Trinajstić information content (AvgIpc) is 2.96. The van der Waals surface area contributed by atoms with E-state index in [-0.39, 0.29) is 16.5 Å². The van der Waals surface area contributed by atoms with Gasteiger partial charge in [0, 0.05) is 5.69 Å². The van der Waals surface area contributed by atoms with Crippen LogP contribution in [0.5, 0.6) is 0 Å². The molecule has 0 bridgehead atoms. The predicted molar refractivity (Wildman–Crippen MR) is 107 cm³/mol. The molecule has 1 saturated heterocycles. The first-order valence-corrected chi connectivity index (χ1v) is 9.50. The van der Waals surface area contributed by atoms with E-state index in [0.29, 0.717) is 27.7 Å². The van der Waals surface area contributed by atoms with Crippen molar-refractivity contribution in [3.8, 4) is 6.07 Å². The topological polar surface area (TPSA) is 87.2 Å². The maximum absolute atomic E-state index is 13.1. The third-order valence-corrected chi connectivity index (χ3v) is 6.10. The molecule has 1 atom stereocenters. The van der Waals surface area contributed by atoms with Gasteiger partial charge in [-0.2, -0.15) is 5.26 Å². The first-order valence-electron chi connectivity index (χ1n) is 7.86. The predicted octanol–water partition coefficient (Wildman–Crippen LogP) is 3.90. The fourth-order valence-corrected chi connectivity index (χ4v) is 4.42. The third kappa shape index (κ3) is 3.81. The molecule has 1 aliphatic heterocycles. The summed E-state index contributed by atoms with van der Waals surface area (Å²) in [6.07, 6.45) is 0.299. The Kier molecular flexibility index (Phi) is 5.76. The van der Waals surface area contributed by atoms with Crippen LogP contribution in [0.4, 0.5) is 5.69 Å². The highest BCUT2D eigenvalue weighted by atomic mass is 35.5. The Bertz CT molecular complexity index is 986. The van der Waals surface area contributed by atoms with Crippen LogP contribution >= 0.6 is 35.0 Å². The number of nitriles is 1. The molecule has 0 saturated carbocycles. The molecule has 0 spiro atoms. The fraction of sp³-hybridized carbons (Fsp3) is 0.105. The Balaban J connectivity index is 2.04. The summed E-state index contributed by atoms with van der Waals surface area (Å²) in [5.41, 5.74) is 6.36. The molecule has 136 valence electrons. The highest BCUT2D eigenvalue weighted by Gasteiger charge is 2.40. The van der Waals surface area contributed by atoms with Crippen LogP contribution in [0, 0.1) is 11.3 Å². The number of hydrogen-bond donors (Lipinski definition) is 1. The maximum atomic E-state index is 13.1. The van der Waals surface area contributed by atoms with E-state index in [1.54, 1.807) is 42.5 Å². The van der Waals surface area contributed by atoms with Gasteiger partial charge in [0.2, 0.25) is 5.91 Å². The summed E-state index contributed by atoms with van der Waals surface area (Å²) >= 11 is 13.4. The van der Waals surface area contributed by atoms with Crippen molar-refractivity contribution in [1.29, 1.82) is 5.26 Å². The Morgan fingerprint density at radius 2 is 1.89 bits per heavy atom. The molecule has 27 heavy (non-hydrogen) atoms. The summed E-state index contributed by atoms with van der Waals surface area (Å²) in [5.74, 6) is -1.14. The van der Waals surface area contributed by atoms with Crippen LogP contribution in [0.1, 0.15) is 5.56 Å². The highest BCUT2D eigenvalue weighted by molar-refractivity contribution is 8.05. The van der Waals surface area contributed by atoms with E-state index < -0.39 is 11.2 Å². The lowest BCUT2D eigenvalue weighted by molar-refractivity contribution is -0.117. The lowest BCUT2D eigenvalue weighted by atomic mass is 10.1.